The van der Waals surface area contributed by atoms with E-state index < -0.39 is 16.8 Å². The minimum atomic E-state index is -0.578. The molecule has 3 aromatic rings. The number of imidazole rings is 1. The van der Waals surface area contributed by atoms with Gasteiger partial charge in [0.15, 0.2) is 11.2 Å². The molecule has 0 saturated heterocycles. The van der Waals surface area contributed by atoms with E-state index in [9.17, 15) is 19.5 Å². The molecule has 0 aliphatic heterocycles. The van der Waals surface area contributed by atoms with Gasteiger partial charge in [0.25, 0.3) is 11.1 Å². The van der Waals surface area contributed by atoms with E-state index >= 15 is 0 Å². The van der Waals surface area contributed by atoms with E-state index in [4.69, 9.17) is 0 Å². The van der Waals surface area contributed by atoms with Gasteiger partial charge in [-0.2, -0.15) is 4.98 Å². The molecule has 0 atom stereocenters. The zero-order valence-electron chi connectivity index (χ0n) is 16.2. The quantitative estimate of drug-likeness (QED) is 0.645. The third-order valence-electron chi connectivity index (χ3n) is 4.95. The Morgan fingerprint density at radius 2 is 1.67 bits per heavy atom. The summed E-state index contributed by atoms with van der Waals surface area (Å²) in [5.41, 5.74) is -1.10. The molecule has 0 aliphatic carbocycles. The van der Waals surface area contributed by atoms with E-state index in [2.05, 4.69) is 11.9 Å². The molecule has 0 bridgehead atoms. The molecule has 27 heavy (non-hydrogen) atoms. The first-order valence-corrected chi connectivity index (χ1v) is 9.27. The number of aryl methyl sites for hydroxylation is 2. The zero-order valence-corrected chi connectivity index (χ0v) is 16.2. The van der Waals surface area contributed by atoms with E-state index in [0.717, 1.165) is 23.8 Å². The van der Waals surface area contributed by atoms with Gasteiger partial charge in [-0.1, -0.05) is 33.1 Å². The average Bonchev–Trinajstić information content (AvgIpc) is 3.05. The highest BCUT2D eigenvalue weighted by Crippen LogP contribution is 2.21. The van der Waals surface area contributed by atoms with E-state index in [0.29, 0.717) is 19.4 Å². The number of nitrogens with zero attached hydrogens (tertiary/aromatic N) is 5. The van der Waals surface area contributed by atoms with Crippen molar-refractivity contribution in [3.05, 3.63) is 36.8 Å². The molecule has 0 unspecified atom stereocenters. The van der Waals surface area contributed by atoms with Crippen LogP contribution < -0.4 is 16.8 Å². The van der Waals surface area contributed by atoms with Crippen molar-refractivity contribution in [3.63, 3.8) is 0 Å². The highest BCUT2D eigenvalue weighted by Gasteiger charge is 2.23. The van der Waals surface area contributed by atoms with Crippen LogP contribution in [0.15, 0.2) is 14.4 Å². The van der Waals surface area contributed by atoms with Crippen molar-refractivity contribution < 1.29 is 5.11 Å². The number of hydrogen-bond acceptors (Lipinski definition) is 5. The van der Waals surface area contributed by atoms with Crippen molar-refractivity contribution >= 4 is 16.9 Å². The summed E-state index contributed by atoms with van der Waals surface area (Å²) < 4.78 is 5.03. The van der Waals surface area contributed by atoms with Gasteiger partial charge >= 0.3 is 5.69 Å². The van der Waals surface area contributed by atoms with Gasteiger partial charge in [0.1, 0.15) is 0 Å². The van der Waals surface area contributed by atoms with Gasteiger partial charge in [0.2, 0.25) is 11.7 Å². The zero-order chi connectivity index (χ0) is 19.9. The lowest BCUT2D eigenvalue weighted by atomic mass is 10.2. The summed E-state index contributed by atoms with van der Waals surface area (Å²) in [4.78, 5) is 42.4. The molecule has 9 nitrogen and oxygen atoms in total. The lowest BCUT2D eigenvalue weighted by molar-refractivity contribution is 0.398. The predicted molar refractivity (Wildman–Crippen MR) is 103 cm³/mol. The molecule has 0 fully saturated rings. The summed E-state index contributed by atoms with van der Waals surface area (Å²) in [6.45, 7) is 4.46. The Morgan fingerprint density at radius 1 is 0.963 bits per heavy atom. The van der Waals surface area contributed by atoms with Gasteiger partial charge in [-0.05, 0) is 12.8 Å². The van der Waals surface area contributed by atoms with Gasteiger partial charge in [0, 0.05) is 20.6 Å². The van der Waals surface area contributed by atoms with Gasteiger partial charge < -0.3 is 5.11 Å². The summed E-state index contributed by atoms with van der Waals surface area (Å²) in [5.74, 6) is 0.0735. The van der Waals surface area contributed by atoms with Gasteiger partial charge in [-0.3, -0.25) is 23.3 Å². The lowest BCUT2D eigenvalue weighted by Gasteiger charge is -2.14. The van der Waals surface area contributed by atoms with Crippen molar-refractivity contribution in [2.75, 3.05) is 0 Å². The molecular weight excluding hydrogens is 350 g/mol. The van der Waals surface area contributed by atoms with Crippen LogP contribution in [0.3, 0.4) is 0 Å². The van der Waals surface area contributed by atoms with Crippen LogP contribution in [0, 0.1) is 0 Å². The minimum Gasteiger partial charge on any atom is -0.494 e. The summed E-state index contributed by atoms with van der Waals surface area (Å²) in [6, 6.07) is 0. The second-order valence-electron chi connectivity index (χ2n) is 6.84. The maximum absolute atomic E-state index is 13.1. The predicted octanol–water partition coefficient (Wildman–Crippen LogP) is 0.895. The standard InChI is InChI=1S/C18H25N5O4/c1-5-7-8-10-22-14(24)11(9-6-2)15(25)23-12-13(19-17(22)23)20(3)18(27)21(4)16(12)26/h24H,5-10H2,1-4H3. The van der Waals surface area contributed by atoms with Crippen molar-refractivity contribution in [1.82, 2.24) is 23.1 Å². The molecule has 9 heteroatoms. The van der Waals surface area contributed by atoms with Crippen molar-refractivity contribution in [3.8, 4) is 5.88 Å². The first kappa shape index (κ1) is 18.9. The summed E-state index contributed by atoms with van der Waals surface area (Å²) in [7, 11) is 2.88. The lowest BCUT2D eigenvalue weighted by Crippen LogP contribution is -2.38. The first-order valence-electron chi connectivity index (χ1n) is 9.27. The Balaban J connectivity index is 2.53. The van der Waals surface area contributed by atoms with Crippen molar-refractivity contribution in [1.29, 1.82) is 0 Å². The Labute approximate surface area is 155 Å². The van der Waals surface area contributed by atoms with E-state index in [1.54, 1.807) is 4.57 Å². The second kappa shape index (κ2) is 7.05. The van der Waals surface area contributed by atoms with Crippen molar-refractivity contribution in [2.24, 2.45) is 14.1 Å². The fourth-order valence-corrected chi connectivity index (χ4v) is 3.44. The van der Waals surface area contributed by atoms with Gasteiger partial charge in [-0.15, -0.1) is 0 Å². The largest absolute Gasteiger partial charge is 0.494 e. The van der Waals surface area contributed by atoms with Crippen LogP contribution in [0.4, 0.5) is 0 Å². The van der Waals surface area contributed by atoms with Crippen LogP contribution in [0.1, 0.15) is 45.1 Å². The van der Waals surface area contributed by atoms with Gasteiger partial charge in [-0.25, -0.2) is 9.20 Å². The highest BCUT2D eigenvalue weighted by atomic mass is 16.3. The van der Waals surface area contributed by atoms with E-state index in [1.807, 2.05) is 6.92 Å². The van der Waals surface area contributed by atoms with Crippen LogP contribution in [-0.4, -0.2) is 28.2 Å². The fraction of sp³-hybridized carbons (Fsp3) is 0.556. The summed E-state index contributed by atoms with van der Waals surface area (Å²) in [5, 5.41) is 10.7. The minimum absolute atomic E-state index is 0.0567. The molecular formula is C18H25N5O4. The summed E-state index contributed by atoms with van der Waals surface area (Å²) >= 11 is 0. The average molecular weight is 375 g/mol. The summed E-state index contributed by atoms with van der Waals surface area (Å²) in [6.07, 6.45) is 3.83. The van der Waals surface area contributed by atoms with E-state index in [1.165, 1.54) is 23.1 Å². The molecule has 0 aliphatic rings. The van der Waals surface area contributed by atoms with Crippen LogP contribution in [0.2, 0.25) is 0 Å². The molecule has 0 amide bonds. The Hall–Kier alpha value is -2.84. The number of fused-ring (bicyclic) bond motifs is 3. The smallest absolute Gasteiger partial charge is 0.332 e. The third kappa shape index (κ3) is 2.77. The van der Waals surface area contributed by atoms with E-state index in [-0.39, 0.29) is 28.4 Å². The normalized spacial score (nSPS) is 11.7. The Kier molecular flexibility index (Phi) is 4.95. The third-order valence-corrected chi connectivity index (χ3v) is 4.95. The molecule has 0 aromatic carbocycles. The number of rotatable bonds is 6. The molecule has 146 valence electrons. The molecule has 3 rings (SSSR count). The van der Waals surface area contributed by atoms with Crippen LogP contribution >= 0.6 is 0 Å². The number of aromatic hydroxyl groups is 1. The molecule has 1 N–H and O–H groups in total. The fourth-order valence-electron chi connectivity index (χ4n) is 3.44. The van der Waals surface area contributed by atoms with Crippen LogP contribution in [0.25, 0.3) is 16.9 Å². The molecule has 0 saturated carbocycles. The van der Waals surface area contributed by atoms with Crippen LogP contribution in [0.5, 0.6) is 5.88 Å². The Bertz CT molecular complexity index is 1200. The maximum Gasteiger partial charge on any atom is 0.332 e. The number of unbranched alkanes of at least 4 members (excludes halogenated alkanes) is 2. The topological polar surface area (TPSA) is 104 Å². The number of hydrogen-bond donors (Lipinski definition) is 1. The monoisotopic (exact) mass is 375 g/mol. The first-order chi connectivity index (χ1) is 12.8. The number of aromatic nitrogens is 5. The molecule has 3 aromatic heterocycles. The Morgan fingerprint density at radius 3 is 2.30 bits per heavy atom. The molecule has 3 heterocycles. The second-order valence-corrected chi connectivity index (χ2v) is 6.84. The highest BCUT2D eigenvalue weighted by molar-refractivity contribution is 5.75. The van der Waals surface area contributed by atoms with Gasteiger partial charge in [0.05, 0.1) is 5.56 Å². The maximum atomic E-state index is 13.1. The SMILES string of the molecule is CCCCCn1c(O)c(CCC)c(=O)n2c3c(=O)n(C)c(=O)n(C)c3nc12. The molecule has 0 radical (unpaired) electrons. The van der Waals surface area contributed by atoms with Crippen LogP contribution in [-0.2, 0) is 27.1 Å². The van der Waals surface area contributed by atoms with Crippen molar-refractivity contribution in [2.45, 2.75) is 52.5 Å². The molecule has 0 spiro atoms.